The summed E-state index contributed by atoms with van der Waals surface area (Å²) in [5, 5.41) is 8.88. The summed E-state index contributed by atoms with van der Waals surface area (Å²) in [5.74, 6) is 0.154. The van der Waals surface area contributed by atoms with Gasteiger partial charge in [-0.3, -0.25) is 9.36 Å². The Morgan fingerprint density at radius 3 is 2.19 bits per heavy atom. The fourth-order valence-electron chi connectivity index (χ4n) is 3.65. The van der Waals surface area contributed by atoms with Crippen LogP contribution in [-0.2, 0) is 11.3 Å². The van der Waals surface area contributed by atoms with Gasteiger partial charge < -0.3 is 4.90 Å². The molecule has 0 saturated heterocycles. The third kappa shape index (κ3) is 5.34. The molecule has 1 aromatic heterocycles. The summed E-state index contributed by atoms with van der Waals surface area (Å²) in [4.78, 5) is 15.0. The molecule has 0 bridgehead atoms. The average Bonchev–Trinajstić information content (AvgIpc) is 3.10. The first-order chi connectivity index (χ1) is 14.8. The van der Waals surface area contributed by atoms with E-state index >= 15 is 0 Å². The van der Waals surface area contributed by atoms with Gasteiger partial charge in [-0.1, -0.05) is 54.2 Å². The normalized spacial score (nSPS) is 12.4. The Morgan fingerprint density at radius 1 is 0.968 bits per heavy atom. The molecule has 0 fully saturated rings. The SMILES string of the molecule is CC(Sc1nnc(-c2ccccc2F)n1Cc1ccccc1)C(=O)N(C(C)C)C(C)C. The number of hydrogen-bond acceptors (Lipinski definition) is 4. The molecule has 0 aliphatic carbocycles. The number of aromatic nitrogens is 3. The minimum absolute atomic E-state index is 0.0525. The molecule has 5 nitrogen and oxygen atoms in total. The highest BCUT2D eigenvalue weighted by Crippen LogP contribution is 2.30. The van der Waals surface area contributed by atoms with Crippen LogP contribution in [0.15, 0.2) is 59.8 Å². The van der Waals surface area contributed by atoms with Crippen molar-refractivity contribution in [3.63, 3.8) is 0 Å². The lowest BCUT2D eigenvalue weighted by molar-refractivity contribution is -0.133. The number of halogens is 1. The molecule has 0 N–H and O–H groups in total. The first-order valence-electron chi connectivity index (χ1n) is 10.5. The predicted molar refractivity (Wildman–Crippen MR) is 123 cm³/mol. The van der Waals surface area contributed by atoms with Crippen molar-refractivity contribution in [2.75, 3.05) is 0 Å². The van der Waals surface area contributed by atoms with Gasteiger partial charge in [0.05, 0.1) is 17.4 Å². The van der Waals surface area contributed by atoms with Gasteiger partial charge in [-0.15, -0.1) is 10.2 Å². The Balaban J connectivity index is 1.96. The van der Waals surface area contributed by atoms with Crippen molar-refractivity contribution < 1.29 is 9.18 Å². The average molecular weight is 441 g/mol. The zero-order valence-electron chi connectivity index (χ0n) is 18.6. The maximum atomic E-state index is 14.5. The van der Waals surface area contributed by atoms with Gasteiger partial charge in [0.2, 0.25) is 5.91 Å². The fourth-order valence-corrected chi connectivity index (χ4v) is 4.55. The molecule has 31 heavy (non-hydrogen) atoms. The van der Waals surface area contributed by atoms with Gasteiger partial charge in [-0.05, 0) is 52.3 Å². The van der Waals surface area contributed by atoms with Crippen LogP contribution in [0.5, 0.6) is 0 Å². The van der Waals surface area contributed by atoms with Gasteiger partial charge in [0.15, 0.2) is 11.0 Å². The van der Waals surface area contributed by atoms with Crippen LogP contribution in [0.3, 0.4) is 0 Å². The van der Waals surface area contributed by atoms with Crippen LogP contribution in [0.1, 0.15) is 40.2 Å². The zero-order chi connectivity index (χ0) is 22.5. The quantitative estimate of drug-likeness (QED) is 0.449. The van der Waals surface area contributed by atoms with Crippen molar-refractivity contribution in [3.8, 4) is 11.4 Å². The Labute approximate surface area is 187 Å². The van der Waals surface area contributed by atoms with Crippen molar-refractivity contribution in [3.05, 3.63) is 66.0 Å². The molecule has 1 heterocycles. The minimum atomic E-state index is -0.351. The van der Waals surface area contributed by atoms with E-state index in [0.29, 0.717) is 23.1 Å². The number of carbonyl (C=O) groups excluding carboxylic acids is 1. The van der Waals surface area contributed by atoms with E-state index in [2.05, 4.69) is 10.2 Å². The molecule has 1 unspecified atom stereocenters. The van der Waals surface area contributed by atoms with E-state index in [1.807, 2.05) is 74.4 Å². The Morgan fingerprint density at radius 2 is 1.58 bits per heavy atom. The van der Waals surface area contributed by atoms with Crippen LogP contribution in [0.4, 0.5) is 4.39 Å². The van der Waals surface area contributed by atoms with Crippen LogP contribution in [0.2, 0.25) is 0 Å². The topological polar surface area (TPSA) is 51.0 Å². The highest BCUT2D eigenvalue weighted by atomic mass is 32.2. The van der Waals surface area contributed by atoms with Gasteiger partial charge in [0.25, 0.3) is 0 Å². The fraction of sp³-hybridized carbons (Fsp3) is 0.375. The lowest BCUT2D eigenvalue weighted by Gasteiger charge is -2.32. The summed E-state index contributed by atoms with van der Waals surface area (Å²) in [5.41, 5.74) is 1.44. The van der Waals surface area contributed by atoms with E-state index in [1.165, 1.54) is 17.8 Å². The molecular formula is C24H29FN4OS. The summed E-state index contributed by atoms with van der Waals surface area (Å²) < 4.78 is 16.4. The molecule has 0 spiro atoms. The number of benzene rings is 2. The largest absolute Gasteiger partial charge is 0.337 e. The molecule has 1 amide bonds. The van der Waals surface area contributed by atoms with E-state index in [9.17, 15) is 9.18 Å². The number of amides is 1. The molecule has 0 radical (unpaired) electrons. The van der Waals surface area contributed by atoms with Crippen molar-refractivity contribution in [1.82, 2.24) is 19.7 Å². The Bertz CT molecular complexity index is 1010. The van der Waals surface area contributed by atoms with Crippen LogP contribution in [0, 0.1) is 5.82 Å². The second-order valence-corrected chi connectivity index (χ2v) is 9.36. The molecule has 3 rings (SSSR count). The molecule has 7 heteroatoms. The van der Waals surface area contributed by atoms with Gasteiger partial charge in [0, 0.05) is 12.1 Å². The highest BCUT2D eigenvalue weighted by molar-refractivity contribution is 8.00. The lowest BCUT2D eigenvalue weighted by atomic mass is 10.2. The van der Waals surface area contributed by atoms with Crippen molar-refractivity contribution in [2.45, 2.75) is 63.7 Å². The standard InChI is InChI=1S/C24H29FN4OS/c1-16(2)29(17(3)4)23(30)18(5)31-24-27-26-22(20-13-9-10-14-21(20)25)28(24)15-19-11-7-6-8-12-19/h6-14,16-18H,15H2,1-5H3. The lowest BCUT2D eigenvalue weighted by Crippen LogP contribution is -2.45. The highest BCUT2D eigenvalue weighted by Gasteiger charge is 2.28. The first kappa shape index (κ1) is 23.0. The number of thioether (sulfide) groups is 1. The van der Waals surface area contributed by atoms with Gasteiger partial charge >= 0.3 is 0 Å². The number of carbonyl (C=O) groups is 1. The van der Waals surface area contributed by atoms with Gasteiger partial charge in [0.1, 0.15) is 5.82 Å². The van der Waals surface area contributed by atoms with Gasteiger partial charge in [-0.25, -0.2) is 4.39 Å². The summed E-state index contributed by atoms with van der Waals surface area (Å²) >= 11 is 1.36. The molecule has 0 aliphatic rings. The zero-order valence-corrected chi connectivity index (χ0v) is 19.4. The van der Waals surface area contributed by atoms with Crippen LogP contribution >= 0.6 is 11.8 Å². The summed E-state index contributed by atoms with van der Waals surface area (Å²) in [7, 11) is 0. The Hall–Kier alpha value is -2.67. The van der Waals surface area contributed by atoms with Crippen LogP contribution in [-0.4, -0.2) is 42.9 Å². The predicted octanol–water partition coefficient (Wildman–Crippen LogP) is 5.26. The monoisotopic (exact) mass is 440 g/mol. The maximum absolute atomic E-state index is 14.5. The van der Waals surface area contributed by atoms with Crippen LogP contribution in [0.25, 0.3) is 11.4 Å². The van der Waals surface area contributed by atoms with E-state index in [4.69, 9.17) is 0 Å². The van der Waals surface area contributed by atoms with E-state index < -0.39 is 0 Å². The summed E-state index contributed by atoms with van der Waals surface area (Å²) in [6, 6.07) is 16.6. The smallest absolute Gasteiger partial charge is 0.236 e. The number of rotatable bonds is 8. The Kier molecular flexibility index (Phi) is 7.49. The molecule has 0 aliphatic heterocycles. The van der Waals surface area contributed by atoms with Crippen LogP contribution < -0.4 is 0 Å². The second-order valence-electron chi connectivity index (χ2n) is 8.05. The van der Waals surface area contributed by atoms with E-state index in [0.717, 1.165) is 5.56 Å². The molecule has 3 aromatic rings. The summed E-state index contributed by atoms with van der Waals surface area (Å²) in [6.07, 6.45) is 0. The van der Waals surface area contributed by atoms with E-state index in [1.54, 1.807) is 18.2 Å². The van der Waals surface area contributed by atoms with Gasteiger partial charge in [-0.2, -0.15) is 0 Å². The summed E-state index contributed by atoms with van der Waals surface area (Å²) in [6.45, 7) is 10.4. The molecule has 1 atom stereocenters. The third-order valence-corrected chi connectivity index (χ3v) is 6.08. The number of hydrogen-bond donors (Lipinski definition) is 0. The number of nitrogens with zero attached hydrogens (tertiary/aromatic N) is 4. The third-order valence-electron chi connectivity index (χ3n) is 5.01. The van der Waals surface area contributed by atoms with Crippen molar-refractivity contribution >= 4 is 17.7 Å². The second kappa shape index (κ2) is 10.1. The molecule has 164 valence electrons. The first-order valence-corrected chi connectivity index (χ1v) is 11.4. The molecular weight excluding hydrogens is 411 g/mol. The van der Waals surface area contributed by atoms with Crippen molar-refractivity contribution in [1.29, 1.82) is 0 Å². The maximum Gasteiger partial charge on any atom is 0.236 e. The minimum Gasteiger partial charge on any atom is -0.337 e. The molecule has 2 aromatic carbocycles. The molecule has 0 saturated carbocycles. The van der Waals surface area contributed by atoms with Crippen molar-refractivity contribution in [2.24, 2.45) is 0 Å². The van der Waals surface area contributed by atoms with E-state index in [-0.39, 0.29) is 29.1 Å².